The monoisotopic (exact) mass is 446 g/mol. The SMILES string of the molecule is COc1ccc(C(=O)Nc2cccc(-c3nc4cc(Cl)cc(Cl)c4o3)c2)cc1Cl. The van der Waals surface area contributed by atoms with E-state index in [4.69, 9.17) is 44.0 Å². The molecule has 0 fully saturated rings. The van der Waals surface area contributed by atoms with Crippen LogP contribution in [0.1, 0.15) is 10.4 Å². The fourth-order valence-electron chi connectivity index (χ4n) is 2.82. The van der Waals surface area contributed by atoms with E-state index in [9.17, 15) is 4.79 Å². The van der Waals surface area contributed by atoms with Gasteiger partial charge in [-0.2, -0.15) is 0 Å². The first-order chi connectivity index (χ1) is 13.9. The van der Waals surface area contributed by atoms with Gasteiger partial charge in [-0.1, -0.05) is 40.9 Å². The van der Waals surface area contributed by atoms with E-state index < -0.39 is 0 Å². The Balaban J connectivity index is 1.61. The fourth-order valence-corrected chi connectivity index (χ4v) is 3.60. The number of nitrogens with zero attached hydrogens (tertiary/aromatic N) is 1. The smallest absolute Gasteiger partial charge is 0.255 e. The van der Waals surface area contributed by atoms with E-state index >= 15 is 0 Å². The van der Waals surface area contributed by atoms with Crippen LogP contribution in [-0.4, -0.2) is 18.0 Å². The van der Waals surface area contributed by atoms with Crippen LogP contribution in [0.3, 0.4) is 0 Å². The van der Waals surface area contributed by atoms with Crippen molar-refractivity contribution < 1.29 is 13.9 Å². The first-order valence-electron chi connectivity index (χ1n) is 8.45. The highest BCUT2D eigenvalue weighted by Gasteiger charge is 2.14. The van der Waals surface area contributed by atoms with Crippen molar-refractivity contribution in [3.63, 3.8) is 0 Å². The molecule has 0 aliphatic rings. The van der Waals surface area contributed by atoms with Gasteiger partial charge in [0.25, 0.3) is 5.91 Å². The molecular formula is C21H13Cl3N2O3. The molecule has 3 aromatic carbocycles. The van der Waals surface area contributed by atoms with Crippen LogP contribution in [0.15, 0.2) is 59.0 Å². The van der Waals surface area contributed by atoms with E-state index in [1.165, 1.54) is 7.11 Å². The second-order valence-electron chi connectivity index (χ2n) is 6.14. The predicted octanol–water partition coefficient (Wildman–Crippen LogP) is 6.72. The largest absolute Gasteiger partial charge is 0.495 e. The van der Waals surface area contributed by atoms with Crippen molar-refractivity contribution >= 4 is 57.5 Å². The maximum atomic E-state index is 12.6. The van der Waals surface area contributed by atoms with Gasteiger partial charge in [0.05, 0.1) is 17.2 Å². The Hall–Kier alpha value is -2.73. The molecule has 0 atom stereocenters. The zero-order valence-corrected chi connectivity index (χ0v) is 17.3. The summed E-state index contributed by atoms with van der Waals surface area (Å²) in [4.78, 5) is 17.0. The molecule has 0 radical (unpaired) electrons. The highest BCUT2D eigenvalue weighted by molar-refractivity contribution is 6.38. The fraction of sp³-hybridized carbons (Fsp3) is 0.0476. The molecule has 4 aromatic rings. The maximum absolute atomic E-state index is 12.6. The lowest BCUT2D eigenvalue weighted by molar-refractivity contribution is 0.102. The van der Waals surface area contributed by atoms with Crippen molar-refractivity contribution in [1.29, 1.82) is 0 Å². The van der Waals surface area contributed by atoms with Crippen LogP contribution >= 0.6 is 34.8 Å². The number of methoxy groups -OCH3 is 1. The summed E-state index contributed by atoms with van der Waals surface area (Å²) in [5, 5.41) is 4.04. The molecule has 0 bridgehead atoms. The number of benzene rings is 3. The summed E-state index contributed by atoms with van der Waals surface area (Å²) in [6.45, 7) is 0. The van der Waals surface area contributed by atoms with Crippen LogP contribution in [0, 0.1) is 0 Å². The maximum Gasteiger partial charge on any atom is 0.255 e. The number of carbonyl (C=O) groups is 1. The third-order valence-corrected chi connectivity index (χ3v) is 4.99. The van der Waals surface area contributed by atoms with E-state index in [0.29, 0.717) is 54.6 Å². The summed E-state index contributed by atoms with van der Waals surface area (Å²) in [5.74, 6) is 0.562. The van der Waals surface area contributed by atoms with Crippen molar-refractivity contribution in [3.8, 4) is 17.2 Å². The highest BCUT2D eigenvalue weighted by atomic mass is 35.5. The predicted molar refractivity (Wildman–Crippen MR) is 115 cm³/mol. The van der Waals surface area contributed by atoms with E-state index in [0.717, 1.165) is 0 Å². The molecule has 0 unspecified atom stereocenters. The zero-order valence-electron chi connectivity index (χ0n) is 15.0. The second-order valence-corrected chi connectivity index (χ2v) is 7.39. The standard InChI is InChI=1S/C21H13Cl3N2O3/c1-28-18-6-5-11(8-15(18)23)20(27)25-14-4-2-3-12(7-14)21-26-17-10-13(22)9-16(24)19(17)29-21/h2-10H,1H3,(H,25,27). The number of oxazole rings is 1. The third kappa shape index (κ3) is 4.03. The van der Waals surface area contributed by atoms with Crippen LogP contribution in [0.25, 0.3) is 22.6 Å². The lowest BCUT2D eigenvalue weighted by Gasteiger charge is -2.08. The number of aromatic nitrogens is 1. The van der Waals surface area contributed by atoms with Crippen LogP contribution in [0.2, 0.25) is 15.1 Å². The molecule has 0 aliphatic carbocycles. The molecule has 4 rings (SSSR count). The Morgan fingerprint density at radius 1 is 1.03 bits per heavy atom. The molecule has 0 aliphatic heterocycles. The van der Waals surface area contributed by atoms with E-state index in [1.54, 1.807) is 48.5 Å². The van der Waals surface area contributed by atoms with Crippen LogP contribution < -0.4 is 10.1 Å². The molecule has 0 spiro atoms. The number of anilines is 1. The van der Waals surface area contributed by atoms with Gasteiger partial charge in [-0.15, -0.1) is 0 Å². The number of hydrogen-bond acceptors (Lipinski definition) is 4. The summed E-state index contributed by atoms with van der Waals surface area (Å²) >= 11 is 18.3. The number of ether oxygens (including phenoxy) is 1. The van der Waals surface area contributed by atoms with E-state index in [2.05, 4.69) is 10.3 Å². The molecule has 1 N–H and O–H groups in total. The number of amides is 1. The number of fused-ring (bicyclic) bond motifs is 1. The van der Waals surface area contributed by atoms with Crippen molar-refractivity contribution in [3.05, 3.63) is 75.2 Å². The lowest BCUT2D eigenvalue weighted by atomic mass is 10.1. The van der Waals surface area contributed by atoms with Gasteiger partial charge in [0, 0.05) is 21.8 Å². The van der Waals surface area contributed by atoms with Crippen LogP contribution in [0.4, 0.5) is 5.69 Å². The molecule has 1 aromatic heterocycles. The van der Waals surface area contributed by atoms with E-state index in [-0.39, 0.29) is 5.91 Å². The molecule has 5 nitrogen and oxygen atoms in total. The molecule has 0 saturated heterocycles. The Bertz CT molecular complexity index is 1240. The molecule has 29 heavy (non-hydrogen) atoms. The lowest BCUT2D eigenvalue weighted by Crippen LogP contribution is -2.11. The summed E-state index contributed by atoms with van der Waals surface area (Å²) < 4.78 is 10.9. The normalized spacial score (nSPS) is 10.9. The Morgan fingerprint density at radius 3 is 2.62 bits per heavy atom. The highest BCUT2D eigenvalue weighted by Crippen LogP contribution is 2.32. The van der Waals surface area contributed by atoms with Crippen molar-refractivity contribution in [2.75, 3.05) is 12.4 Å². The first-order valence-corrected chi connectivity index (χ1v) is 9.59. The Kier molecular flexibility index (Phi) is 5.37. The quantitative estimate of drug-likeness (QED) is 0.377. The minimum absolute atomic E-state index is 0.306. The Morgan fingerprint density at radius 2 is 1.86 bits per heavy atom. The van der Waals surface area contributed by atoms with Crippen molar-refractivity contribution in [2.24, 2.45) is 0 Å². The molecular weight excluding hydrogens is 435 g/mol. The van der Waals surface area contributed by atoms with Gasteiger partial charge in [0.2, 0.25) is 5.89 Å². The number of hydrogen-bond donors (Lipinski definition) is 1. The number of halogens is 3. The minimum atomic E-state index is -0.306. The second kappa shape index (κ2) is 7.95. The van der Waals surface area contributed by atoms with Crippen LogP contribution in [-0.2, 0) is 0 Å². The first kappa shape index (κ1) is 19.6. The number of rotatable bonds is 4. The minimum Gasteiger partial charge on any atom is -0.495 e. The average molecular weight is 448 g/mol. The topological polar surface area (TPSA) is 64.4 Å². The van der Waals surface area contributed by atoms with Crippen molar-refractivity contribution in [1.82, 2.24) is 4.98 Å². The molecule has 8 heteroatoms. The van der Waals surface area contributed by atoms with Gasteiger partial charge in [-0.3, -0.25) is 4.79 Å². The number of nitrogens with one attached hydrogen (secondary N) is 1. The van der Waals surface area contributed by atoms with E-state index in [1.807, 2.05) is 6.07 Å². The summed E-state index contributed by atoms with van der Waals surface area (Å²) in [5.41, 5.74) is 2.67. The van der Waals surface area contributed by atoms with Gasteiger partial charge in [-0.25, -0.2) is 4.98 Å². The van der Waals surface area contributed by atoms with Crippen molar-refractivity contribution in [2.45, 2.75) is 0 Å². The van der Waals surface area contributed by atoms with Gasteiger partial charge in [-0.05, 0) is 48.5 Å². The summed E-state index contributed by atoms with van der Waals surface area (Å²) in [7, 11) is 1.51. The van der Waals surface area contributed by atoms with Gasteiger partial charge >= 0.3 is 0 Å². The summed E-state index contributed by atoms with van der Waals surface area (Å²) in [6, 6.07) is 15.2. The molecule has 1 amide bonds. The van der Waals surface area contributed by atoms with Gasteiger partial charge in [0.1, 0.15) is 11.3 Å². The number of carbonyl (C=O) groups excluding carboxylic acids is 1. The summed E-state index contributed by atoms with van der Waals surface area (Å²) in [6.07, 6.45) is 0. The average Bonchev–Trinajstić information content (AvgIpc) is 3.12. The van der Waals surface area contributed by atoms with Gasteiger partial charge < -0.3 is 14.5 Å². The molecule has 0 saturated carbocycles. The van der Waals surface area contributed by atoms with Crippen LogP contribution in [0.5, 0.6) is 5.75 Å². The molecule has 146 valence electrons. The zero-order chi connectivity index (χ0) is 20.5. The Labute approximate surface area is 181 Å². The molecule has 1 heterocycles. The third-order valence-electron chi connectivity index (χ3n) is 4.19. The van der Waals surface area contributed by atoms with Gasteiger partial charge in [0.15, 0.2) is 5.58 Å².